The van der Waals surface area contributed by atoms with Gasteiger partial charge in [-0.15, -0.1) is 0 Å². The average molecular weight is 377 g/mol. The Morgan fingerprint density at radius 2 is 1.36 bits per heavy atom. The summed E-state index contributed by atoms with van der Waals surface area (Å²) >= 11 is 0. The van der Waals surface area contributed by atoms with E-state index in [2.05, 4.69) is 39.0 Å². The molecule has 1 aromatic heterocycles. The smallest absolute Gasteiger partial charge is 0.154 e. The van der Waals surface area contributed by atoms with Crippen LogP contribution in [0.2, 0.25) is 0 Å². The molecular formula is C24H32N4. The van der Waals surface area contributed by atoms with Gasteiger partial charge in [0.25, 0.3) is 0 Å². The van der Waals surface area contributed by atoms with Crippen molar-refractivity contribution in [1.29, 1.82) is 0 Å². The minimum atomic E-state index is 0.656. The van der Waals surface area contributed by atoms with Crippen LogP contribution in [-0.2, 0) is 0 Å². The standard InChI is InChI=1S/C24H32N4/c1-3-5-6-7-8-9-10-18-25-19-21-14-16-22(17-15-21)20-27-24-13-11-12-23(28-24)26-4-2/h4,11-17,19-20H,3,5-10,18H2,1-2H3. The number of pyridine rings is 1. The topological polar surface area (TPSA) is 50.0 Å². The van der Waals surface area contributed by atoms with Crippen LogP contribution >= 0.6 is 0 Å². The third-order valence-corrected chi connectivity index (χ3v) is 4.39. The molecule has 0 aliphatic heterocycles. The largest absolute Gasteiger partial charge is 0.293 e. The number of unbranched alkanes of at least 4 members (excludes halogenated alkanes) is 6. The first-order valence-electron chi connectivity index (χ1n) is 10.4. The van der Waals surface area contributed by atoms with Gasteiger partial charge in [0.05, 0.1) is 0 Å². The second-order valence-corrected chi connectivity index (χ2v) is 6.82. The molecule has 0 radical (unpaired) electrons. The van der Waals surface area contributed by atoms with Crippen molar-refractivity contribution in [3.63, 3.8) is 0 Å². The van der Waals surface area contributed by atoms with E-state index in [4.69, 9.17) is 0 Å². The van der Waals surface area contributed by atoms with Gasteiger partial charge in [-0.3, -0.25) is 4.99 Å². The zero-order chi connectivity index (χ0) is 19.9. The lowest BCUT2D eigenvalue weighted by molar-refractivity contribution is 0.593. The van der Waals surface area contributed by atoms with Crippen LogP contribution in [0.3, 0.4) is 0 Å². The summed E-state index contributed by atoms with van der Waals surface area (Å²) in [5, 5.41) is 0. The zero-order valence-corrected chi connectivity index (χ0v) is 17.2. The van der Waals surface area contributed by atoms with E-state index in [9.17, 15) is 0 Å². The second-order valence-electron chi connectivity index (χ2n) is 6.82. The van der Waals surface area contributed by atoms with Crippen molar-refractivity contribution < 1.29 is 0 Å². The third kappa shape index (κ3) is 8.85. The lowest BCUT2D eigenvalue weighted by Gasteiger charge is -1.99. The lowest BCUT2D eigenvalue weighted by atomic mass is 10.1. The molecule has 0 amide bonds. The molecule has 2 rings (SSSR count). The monoisotopic (exact) mass is 376 g/mol. The maximum atomic E-state index is 4.54. The highest BCUT2D eigenvalue weighted by Crippen LogP contribution is 2.14. The maximum Gasteiger partial charge on any atom is 0.154 e. The molecule has 148 valence electrons. The molecule has 0 saturated carbocycles. The molecule has 0 fully saturated rings. The number of rotatable bonds is 12. The van der Waals surface area contributed by atoms with Crippen molar-refractivity contribution in [2.24, 2.45) is 15.0 Å². The Balaban J connectivity index is 1.74. The Kier molecular flexibility index (Phi) is 10.5. The number of aliphatic imine (C=N–C) groups is 3. The van der Waals surface area contributed by atoms with Crippen molar-refractivity contribution in [2.75, 3.05) is 6.54 Å². The number of hydrogen-bond acceptors (Lipinski definition) is 4. The SMILES string of the molecule is CC=Nc1cccc(N=Cc2ccc(C=NCCCCCCCCC)cc2)n1. The Morgan fingerprint density at radius 3 is 2.04 bits per heavy atom. The van der Waals surface area contributed by atoms with E-state index in [1.807, 2.05) is 49.7 Å². The summed E-state index contributed by atoms with van der Waals surface area (Å²) in [5.74, 6) is 1.33. The summed E-state index contributed by atoms with van der Waals surface area (Å²) in [6.07, 6.45) is 14.7. The predicted molar refractivity (Wildman–Crippen MR) is 122 cm³/mol. The molecule has 0 aliphatic carbocycles. The van der Waals surface area contributed by atoms with E-state index in [-0.39, 0.29) is 0 Å². The first-order valence-corrected chi connectivity index (χ1v) is 10.4. The van der Waals surface area contributed by atoms with Crippen LogP contribution in [0.25, 0.3) is 0 Å². The van der Waals surface area contributed by atoms with Crippen LogP contribution < -0.4 is 0 Å². The van der Waals surface area contributed by atoms with Crippen LogP contribution in [-0.4, -0.2) is 30.2 Å². The summed E-state index contributed by atoms with van der Waals surface area (Å²) < 4.78 is 0. The van der Waals surface area contributed by atoms with Gasteiger partial charge in [-0.05, 0) is 36.6 Å². The minimum absolute atomic E-state index is 0.656. The highest BCUT2D eigenvalue weighted by Gasteiger charge is 1.94. The van der Waals surface area contributed by atoms with Crippen molar-refractivity contribution >= 4 is 30.3 Å². The van der Waals surface area contributed by atoms with Gasteiger partial charge in [0.1, 0.15) is 0 Å². The molecule has 0 bridgehead atoms. The van der Waals surface area contributed by atoms with Crippen LogP contribution in [0.1, 0.15) is 69.9 Å². The molecule has 0 unspecified atom stereocenters. The molecule has 0 saturated heterocycles. The Labute approximate surface area is 169 Å². The Bertz CT molecular complexity index is 760. The molecular weight excluding hydrogens is 344 g/mol. The molecule has 0 N–H and O–H groups in total. The molecule has 0 spiro atoms. The second kappa shape index (κ2) is 13.5. The average Bonchev–Trinajstić information content (AvgIpc) is 2.72. The molecule has 2 aromatic rings. The molecule has 4 nitrogen and oxygen atoms in total. The number of nitrogens with zero attached hydrogens (tertiary/aromatic N) is 4. The summed E-state index contributed by atoms with van der Waals surface area (Å²) in [5.41, 5.74) is 2.16. The van der Waals surface area contributed by atoms with E-state index in [0.717, 1.165) is 17.7 Å². The van der Waals surface area contributed by atoms with E-state index >= 15 is 0 Å². The van der Waals surface area contributed by atoms with Gasteiger partial charge in [-0.1, -0.05) is 75.8 Å². The maximum absolute atomic E-state index is 4.54. The zero-order valence-electron chi connectivity index (χ0n) is 17.2. The first-order chi connectivity index (χ1) is 13.8. The van der Waals surface area contributed by atoms with Crippen molar-refractivity contribution in [1.82, 2.24) is 4.98 Å². The molecule has 28 heavy (non-hydrogen) atoms. The molecule has 0 atom stereocenters. The van der Waals surface area contributed by atoms with Crippen LogP contribution in [0, 0.1) is 0 Å². The third-order valence-electron chi connectivity index (χ3n) is 4.39. The van der Waals surface area contributed by atoms with Gasteiger partial charge in [0.15, 0.2) is 11.6 Å². The summed E-state index contributed by atoms with van der Waals surface area (Å²) in [4.78, 5) is 17.5. The highest BCUT2D eigenvalue weighted by molar-refractivity contribution is 5.85. The quantitative estimate of drug-likeness (QED) is 0.299. The van der Waals surface area contributed by atoms with Crippen LogP contribution in [0.15, 0.2) is 57.4 Å². The first kappa shape index (κ1) is 21.7. The van der Waals surface area contributed by atoms with E-state index in [0.29, 0.717) is 11.6 Å². The number of hydrogen-bond donors (Lipinski definition) is 0. The van der Waals surface area contributed by atoms with Gasteiger partial charge >= 0.3 is 0 Å². The molecule has 1 heterocycles. The molecule has 4 heteroatoms. The number of benzene rings is 1. The fourth-order valence-electron chi connectivity index (χ4n) is 2.83. The van der Waals surface area contributed by atoms with Gasteiger partial charge in [0, 0.05) is 25.2 Å². The summed E-state index contributed by atoms with van der Waals surface area (Å²) in [6.45, 7) is 5.05. The Morgan fingerprint density at radius 1 is 0.750 bits per heavy atom. The van der Waals surface area contributed by atoms with E-state index in [1.54, 1.807) is 6.21 Å². The predicted octanol–water partition coefficient (Wildman–Crippen LogP) is 6.72. The van der Waals surface area contributed by atoms with E-state index < -0.39 is 0 Å². The van der Waals surface area contributed by atoms with Crippen molar-refractivity contribution in [2.45, 2.75) is 58.8 Å². The van der Waals surface area contributed by atoms with Crippen LogP contribution in [0.5, 0.6) is 0 Å². The minimum Gasteiger partial charge on any atom is -0.293 e. The fraction of sp³-hybridized carbons (Fsp3) is 0.417. The fourth-order valence-corrected chi connectivity index (χ4v) is 2.83. The Hall–Kier alpha value is -2.62. The van der Waals surface area contributed by atoms with Crippen LogP contribution in [0.4, 0.5) is 11.6 Å². The van der Waals surface area contributed by atoms with Gasteiger partial charge in [-0.25, -0.2) is 15.0 Å². The molecule has 0 aliphatic rings. The molecule has 1 aromatic carbocycles. The number of aromatic nitrogens is 1. The van der Waals surface area contributed by atoms with Crippen molar-refractivity contribution in [3.8, 4) is 0 Å². The summed E-state index contributed by atoms with van der Waals surface area (Å²) in [7, 11) is 0. The summed E-state index contributed by atoms with van der Waals surface area (Å²) in [6, 6.07) is 13.9. The lowest BCUT2D eigenvalue weighted by Crippen LogP contribution is -1.88. The highest BCUT2D eigenvalue weighted by atomic mass is 15.0. The van der Waals surface area contributed by atoms with Gasteiger partial charge in [-0.2, -0.15) is 0 Å². The van der Waals surface area contributed by atoms with E-state index in [1.165, 1.54) is 44.9 Å². The van der Waals surface area contributed by atoms with Gasteiger partial charge < -0.3 is 0 Å². The van der Waals surface area contributed by atoms with Crippen molar-refractivity contribution in [3.05, 3.63) is 53.6 Å². The van der Waals surface area contributed by atoms with Gasteiger partial charge in [0.2, 0.25) is 0 Å². The normalized spacial score (nSPS) is 11.9.